The minimum absolute atomic E-state index is 0.114. The van der Waals surface area contributed by atoms with Gasteiger partial charge in [-0.05, 0) is 43.4 Å². The van der Waals surface area contributed by atoms with E-state index >= 15 is 0 Å². The van der Waals surface area contributed by atoms with Crippen molar-refractivity contribution in [2.24, 2.45) is 5.92 Å². The molecule has 3 nitrogen and oxygen atoms in total. The summed E-state index contributed by atoms with van der Waals surface area (Å²) < 4.78 is 0. The maximum absolute atomic E-state index is 13.1. The molecule has 0 aliphatic carbocycles. The van der Waals surface area contributed by atoms with E-state index in [1.165, 1.54) is 18.4 Å². The van der Waals surface area contributed by atoms with Crippen LogP contribution in [-0.4, -0.2) is 27.8 Å². The van der Waals surface area contributed by atoms with Gasteiger partial charge in [-0.1, -0.05) is 54.6 Å². The van der Waals surface area contributed by atoms with E-state index in [9.17, 15) is 4.79 Å². The van der Waals surface area contributed by atoms with E-state index < -0.39 is 0 Å². The molecule has 2 unspecified atom stereocenters. The molecule has 0 N–H and O–H groups in total. The fraction of sp³-hybridized carbons (Fsp3) is 0.333. The first kappa shape index (κ1) is 16.6. The van der Waals surface area contributed by atoms with Gasteiger partial charge in [-0.3, -0.25) is 9.69 Å². The second-order valence-electron chi connectivity index (χ2n) is 7.96. The summed E-state index contributed by atoms with van der Waals surface area (Å²) in [7, 11) is 0. The summed E-state index contributed by atoms with van der Waals surface area (Å²) in [6, 6.07) is 23.7. The Morgan fingerprint density at radius 3 is 2.37 bits per heavy atom. The van der Waals surface area contributed by atoms with Crippen molar-refractivity contribution in [3.63, 3.8) is 0 Å². The van der Waals surface area contributed by atoms with E-state index in [0.29, 0.717) is 17.8 Å². The zero-order valence-corrected chi connectivity index (χ0v) is 15.4. The number of piperidine rings is 1. The molecule has 3 heterocycles. The van der Waals surface area contributed by atoms with Crippen molar-refractivity contribution in [3.05, 3.63) is 78.0 Å². The summed E-state index contributed by atoms with van der Waals surface area (Å²) in [5.41, 5.74) is 2.91. The Morgan fingerprint density at radius 1 is 0.889 bits per heavy atom. The van der Waals surface area contributed by atoms with Crippen molar-refractivity contribution in [2.75, 3.05) is 0 Å². The van der Waals surface area contributed by atoms with E-state index in [0.717, 1.165) is 30.3 Å². The zero-order valence-electron chi connectivity index (χ0n) is 15.4. The minimum atomic E-state index is 0.114. The van der Waals surface area contributed by atoms with Crippen LogP contribution in [0.25, 0.3) is 10.9 Å². The van der Waals surface area contributed by atoms with E-state index in [1.54, 1.807) is 0 Å². The van der Waals surface area contributed by atoms with Crippen LogP contribution in [0.5, 0.6) is 0 Å². The first-order valence-electron chi connectivity index (χ1n) is 9.97. The van der Waals surface area contributed by atoms with Gasteiger partial charge in [0, 0.05) is 29.9 Å². The fourth-order valence-electron chi connectivity index (χ4n) is 4.95. The second-order valence-corrected chi connectivity index (χ2v) is 7.96. The molecule has 2 bridgehead atoms. The van der Waals surface area contributed by atoms with Gasteiger partial charge in [0.25, 0.3) is 0 Å². The first-order chi connectivity index (χ1) is 13.3. The molecule has 2 aromatic carbocycles. The number of hydrogen-bond acceptors (Lipinski definition) is 3. The normalized spacial score (nSPS) is 25.0. The molecule has 3 heteroatoms. The van der Waals surface area contributed by atoms with Crippen molar-refractivity contribution in [1.29, 1.82) is 0 Å². The predicted octanol–water partition coefficient (Wildman–Crippen LogP) is 4.86. The maximum Gasteiger partial charge on any atom is 0.184 e. The number of nitrogens with zero attached hydrogens (tertiary/aromatic N) is 2. The quantitative estimate of drug-likeness (QED) is 0.626. The molecular formula is C24H24N2O. The first-order valence-corrected chi connectivity index (χ1v) is 9.97. The third kappa shape index (κ3) is 3.17. The number of carbonyl (C=O) groups excluding carboxylic acids is 1. The number of benzene rings is 2. The summed E-state index contributed by atoms with van der Waals surface area (Å²) >= 11 is 0. The Kier molecular flexibility index (Phi) is 4.25. The molecule has 0 saturated carbocycles. The van der Waals surface area contributed by atoms with Gasteiger partial charge in [0.2, 0.25) is 0 Å². The van der Waals surface area contributed by atoms with Crippen LogP contribution in [0.1, 0.15) is 41.7 Å². The summed E-state index contributed by atoms with van der Waals surface area (Å²) in [6.07, 6.45) is 4.37. The van der Waals surface area contributed by atoms with Gasteiger partial charge in [-0.25, -0.2) is 4.98 Å². The van der Waals surface area contributed by atoms with Crippen molar-refractivity contribution >= 4 is 16.7 Å². The average Bonchev–Trinajstić information content (AvgIpc) is 2.95. The number of ketones is 1. The van der Waals surface area contributed by atoms with Crippen molar-refractivity contribution in [2.45, 2.75) is 44.3 Å². The highest BCUT2D eigenvalue weighted by atomic mass is 16.1. The van der Waals surface area contributed by atoms with Crippen LogP contribution in [0.15, 0.2) is 66.7 Å². The fourth-order valence-corrected chi connectivity index (χ4v) is 4.95. The number of carbonyl (C=O) groups is 1. The van der Waals surface area contributed by atoms with E-state index in [1.807, 2.05) is 36.4 Å². The van der Waals surface area contributed by atoms with Crippen LogP contribution in [-0.2, 0) is 6.54 Å². The molecule has 0 radical (unpaired) electrons. The topological polar surface area (TPSA) is 33.2 Å². The highest BCUT2D eigenvalue weighted by Gasteiger charge is 2.43. The zero-order chi connectivity index (χ0) is 18.2. The Morgan fingerprint density at radius 2 is 1.59 bits per heavy atom. The molecule has 2 aliphatic rings. The van der Waals surface area contributed by atoms with E-state index in [4.69, 9.17) is 0 Å². The summed E-state index contributed by atoms with van der Waals surface area (Å²) in [5.74, 6) is 0.347. The van der Waals surface area contributed by atoms with Crippen LogP contribution in [0, 0.1) is 5.92 Å². The SMILES string of the molecule is O=C(c1ccc2ccccc2n1)C1CC2CCC(C1)N2Cc1ccccc1. The van der Waals surface area contributed by atoms with Gasteiger partial charge in [0.05, 0.1) is 5.52 Å². The predicted molar refractivity (Wildman–Crippen MR) is 108 cm³/mol. The van der Waals surface area contributed by atoms with Crippen LogP contribution >= 0.6 is 0 Å². The summed E-state index contributed by atoms with van der Waals surface area (Å²) in [4.78, 5) is 20.4. The monoisotopic (exact) mass is 356 g/mol. The van der Waals surface area contributed by atoms with Crippen LogP contribution in [0.2, 0.25) is 0 Å². The number of para-hydroxylation sites is 1. The molecule has 2 saturated heterocycles. The largest absolute Gasteiger partial charge is 0.293 e. The van der Waals surface area contributed by atoms with Gasteiger partial charge in [-0.2, -0.15) is 0 Å². The lowest BCUT2D eigenvalue weighted by molar-refractivity contribution is 0.0674. The molecular weight excluding hydrogens is 332 g/mol. The summed E-state index contributed by atoms with van der Waals surface area (Å²) in [6.45, 7) is 1.01. The third-order valence-corrected chi connectivity index (χ3v) is 6.31. The molecule has 2 aliphatic heterocycles. The molecule has 0 spiro atoms. The Balaban J connectivity index is 1.33. The van der Waals surface area contributed by atoms with Gasteiger partial charge < -0.3 is 0 Å². The van der Waals surface area contributed by atoms with Crippen molar-refractivity contribution in [1.82, 2.24) is 9.88 Å². The van der Waals surface area contributed by atoms with Gasteiger partial charge in [-0.15, -0.1) is 0 Å². The standard InChI is InChI=1S/C24H24N2O/c27-24(23-13-10-18-8-4-5-9-22(18)25-23)19-14-20-11-12-21(15-19)26(20)16-17-6-2-1-3-7-17/h1-10,13,19-21H,11-12,14-16H2. The number of rotatable bonds is 4. The smallest absolute Gasteiger partial charge is 0.184 e. The molecule has 2 fully saturated rings. The Bertz CT molecular complexity index is 954. The van der Waals surface area contributed by atoms with Crippen molar-refractivity contribution < 1.29 is 4.79 Å². The number of pyridine rings is 1. The highest BCUT2D eigenvalue weighted by Crippen LogP contribution is 2.40. The Hall–Kier alpha value is -2.52. The van der Waals surface area contributed by atoms with Gasteiger partial charge >= 0.3 is 0 Å². The lowest BCUT2D eigenvalue weighted by Crippen LogP contribution is -2.44. The molecule has 136 valence electrons. The highest BCUT2D eigenvalue weighted by molar-refractivity contribution is 5.98. The molecule has 2 atom stereocenters. The van der Waals surface area contributed by atoms with E-state index in [2.05, 4.69) is 40.2 Å². The maximum atomic E-state index is 13.1. The number of aromatic nitrogens is 1. The van der Waals surface area contributed by atoms with Crippen LogP contribution < -0.4 is 0 Å². The van der Waals surface area contributed by atoms with Crippen LogP contribution in [0.3, 0.4) is 0 Å². The molecule has 3 aromatic rings. The average molecular weight is 356 g/mol. The second kappa shape index (κ2) is 6.90. The molecule has 0 amide bonds. The lowest BCUT2D eigenvalue weighted by atomic mass is 9.85. The molecule has 27 heavy (non-hydrogen) atoms. The summed E-state index contributed by atoms with van der Waals surface area (Å²) in [5, 5.41) is 1.09. The van der Waals surface area contributed by atoms with Crippen LogP contribution in [0.4, 0.5) is 0 Å². The number of hydrogen-bond donors (Lipinski definition) is 0. The van der Waals surface area contributed by atoms with Gasteiger partial charge in [0.1, 0.15) is 5.69 Å². The van der Waals surface area contributed by atoms with Crippen molar-refractivity contribution in [3.8, 4) is 0 Å². The third-order valence-electron chi connectivity index (χ3n) is 6.31. The lowest BCUT2D eigenvalue weighted by Gasteiger charge is -2.38. The number of Topliss-reactive ketones (excluding diaryl/α,β-unsaturated/α-hetero) is 1. The molecule has 5 rings (SSSR count). The molecule has 1 aromatic heterocycles. The van der Waals surface area contributed by atoms with E-state index in [-0.39, 0.29) is 11.7 Å². The minimum Gasteiger partial charge on any atom is -0.293 e. The van der Waals surface area contributed by atoms with Gasteiger partial charge in [0.15, 0.2) is 5.78 Å². The number of fused-ring (bicyclic) bond motifs is 3. The Labute approximate surface area is 160 Å².